The summed E-state index contributed by atoms with van der Waals surface area (Å²) in [6, 6.07) is 3.59. The zero-order chi connectivity index (χ0) is 21.2. The van der Waals surface area contributed by atoms with Gasteiger partial charge in [0, 0.05) is 31.0 Å². The van der Waals surface area contributed by atoms with Crippen LogP contribution in [-0.4, -0.2) is 40.7 Å². The van der Waals surface area contributed by atoms with Crippen molar-refractivity contribution in [2.24, 2.45) is 0 Å². The summed E-state index contributed by atoms with van der Waals surface area (Å²) in [5, 5.41) is 9.32. The minimum absolute atomic E-state index is 0.158. The minimum Gasteiger partial charge on any atom is -0.406 e. The SMILES string of the molecule is CCn1cc(Cl)c(NC(=O)NC2CCN(c3cccc(OC(F)(F)F)c3)C2=O)n1. The van der Waals surface area contributed by atoms with Crippen molar-refractivity contribution in [3.63, 3.8) is 0 Å². The third kappa shape index (κ3) is 5.11. The Morgan fingerprint density at radius 1 is 1.41 bits per heavy atom. The molecule has 0 spiro atoms. The summed E-state index contributed by atoms with van der Waals surface area (Å²) in [5.74, 6) is -0.724. The van der Waals surface area contributed by atoms with E-state index in [0.29, 0.717) is 6.54 Å². The molecule has 1 fully saturated rings. The van der Waals surface area contributed by atoms with Crippen molar-refractivity contribution in [1.29, 1.82) is 0 Å². The van der Waals surface area contributed by atoms with E-state index in [-0.39, 0.29) is 29.5 Å². The molecule has 2 aromatic rings. The highest BCUT2D eigenvalue weighted by Gasteiger charge is 2.35. The van der Waals surface area contributed by atoms with Gasteiger partial charge in [0.15, 0.2) is 5.82 Å². The van der Waals surface area contributed by atoms with E-state index in [2.05, 4.69) is 20.5 Å². The van der Waals surface area contributed by atoms with E-state index in [1.54, 1.807) is 6.20 Å². The molecule has 1 aliphatic rings. The quantitative estimate of drug-likeness (QED) is 0.759. The summed E-state index contributed by atoms with van der Waals surface area (Å²) in [4.78, 5) is 26.0. The monoisotopic (exact) mass is 431 g/mol. The lowest BCUT2D eigenvalue weighted by molar-refractivity contribution is -0.274. The van der Waals surface area contributed by atoms with Crippen molar-refractivity contribution >= 4 is 35.0 Å². The molecule has 1 saturated heterocycles. The number of benzene rings is 1. The summed E-state index contributed by atoms with van der Waals surface area (Å²) >= 11 is 5.98. The smallest absolute Gasteiger partial charge is 0.406 e. The molecule has 1 aliphatic heterocycles. The Labute approximate surface area is 168 Å². The molecule has 0 aliphatic carbocycles. The van der Waals surface area contributed by atoms with Gasteiger partial charge in [0.25, 0.3) is 0 Å². The number of nitrogens with one attached hydrogen (secondary N) is 2. The third-order valence-electron chi connectivity index (χ3n) is 4.15. The van der Waals surface area contributed by atoms with Gasteiger partial charge in [0.2, 0.25) is 5.91 Å². The molecule has 3 rings (SSSR count). The first-order chi connectivity index (χ1) is 13.7. The number of aryl methyl sites for hydroxylation is 1. The van der Waals surface area contributed by atoms with Gasteiger partial charge in [-0.2, -0.15) is 5.10 Å². The molecule has 1 unspecified atom stereocenters. The lowest BCUT2D eigenvalue weighted by Crippen LogP contribution is -2.43. The van der Waals surface area contributed by atoms with Gasteiger partial charge < -0.3 is 15.0 Å². The number of nitrogens with zero attached hydrogens (tertiary/aromatic N) is 3. The van der Waals surface area contributed by atoms with Crippen LogP contribution < -0.4 is 20.3 Å². The van der Waals surface area contributed by atoms with Crippen LogP contribution in [-0.2, 0) is 11.3 Å². The normalized spacial score (nSPS) is 16.8. The maximum Gasteiger partial charge on any atom is 0.573 e. The minimum atomic E-state index is -4.83. The highest BCUT2D eigenvalue weighted by atomic mass is 35.5. The largest absolute Gasteiger partial charge is 0.573 e. The molecule has 2 N–H and O–H groups in total. The average molecular weight is 432 g/mol. The zero-order valence-electron chi connectivity index (χ0n) is 15.2. The van der Waals surface area contributed by atoms with E-state index in [1.807, 2.05) is 6.92 Å². The van der Waals surface area contributed by atoms with E-state index in [1.165, 1.54) is 21.7 Å². The average Bonchev–Trinajstić information content (AvgIpc) is 3.17. The molecule has 156 valence electrons. The van der Waals surface area contributed by atoms with Gasteiger partial charge >= 0.3 is 12.4 Å². The molecule has 3 amide bonds. The Bertz CT molecular complexity index is 918. The fourth-order valence-electron chi connectivity index (χ4n) is 2.86. The number of aromatic nitrogens is 2. The van der Waals surface area contributed by atoms with Crippen molar-refractivity contribution in [3.8, 4) is 5.75 Å². The summed E-state index contributed by atoms with van der Waals surface area (Å²) in [6.07, 6.45) is -2.99. The van der Waals surface area contributed by atoms with Crippen molar-refractivity contribution in [1.82, 2.24) is 15.1 Å². The second kappa shape index (κ2) is 8.19. The number of hydrogen-bond acceptors (Lipinski definition) is 4. The number of rotatable bonds is 5. The fraction of sp³-hybridized carbons (Fsp3) is 0.353. The molecule has 1 aromatic heterocycles. The molecular weight excluding hydrogens is 415 g/mol. The first-order valence-electron chi connectivity index (χ1n) is 8.64. The number of anilines is 2. The van der Waals surface area contributed by atoms with Crippen LogP contribution >= 0.6 is 11.6 Å². The molecular formula is C17H17ClF3N5O3. The Morgan fingerprint density at radius 3 is 2.83 bits per heavy atom. The first-order valence-corrected chi connectivity index (χ1v) is 9.01. The molecule has 8 nitrogen and oxygen atoms in total. The summed E-state index contributed by atoms with van der Waals surface area (Å²) < 4.78 is 42.6. The maximum atomic E-state index is 12.6. The van der Waals surface area contributed by atoms with Gasteiger partial charge in [-0.05, 0) is 25.5 Å². The predicted molar refractivity (Wildman–Crippen MR) is 98.9 cm³/mol. The Hall–Kier alpha value is -2.95. The number of carbonyl (C=O) groups is 2. The Kier molecular flexibility index (Phi) is 5.87. The van der Waals surface area contributed by atoms with Crippen LogP contribution in [0.2, 0.25) is 5.02 Å². The van der Waals surface area contributed by atoms with E-state index < -0.39 is 30.1 Å². The molecule has 1 aromatic carbocycles. The Balaban J connectivity index is 1.63. The highest BCUT2D eigenvalue weighted by Crippen LogP contribution is 2.29. The summed E-state index contributed by atoms with van der Waals surface area (Å²) in [7, 11) is 0. The fourth-order valence-corrected chi connectivity index (χ4v) is 3.06. The summed E-state index contributed by atoms with van der Waals surface area (Å²) in [5.41, 5.74) is 0.242. The lowest BCUT2D eigenvalue weighted by Gasteiger charge is -2.18. The van der Waals surface area contributed by atoms with Gasteiger partial charge in [-0.3, -0.25) is 14.8 Å². The van der Waals surface area contributed by atoms with Crippen LogP contribution in [0.5, 0.6) is 5.75 Å². The standard InChI is InChI=1S/C17H17ClF3N5O3/c1-2-25-9-12(18)14(24-25)23-16(28)22-13-6-7-26(15(13)27)10-4-3-5-11(8-10)29-17(19,20)21/h3-5,8-9,13H,2,6-7H2,1H3,(H2,22,23,24,28). The van der Waals surface area contributed by atoms with Crippen molar-refractivity contribution in [3.05, 3.63) is 35.5 Å². The van der Waals surface area contributed by atoms with Crippen LogP contribution in [0.4, 0.5) is 29.5 Å². The number of alkyl halides is 3. The van der Waals surface area contributed by atoms with Crippen molar-refractivity contribution in [2.75, 3.05) is 16.8 Å². The number of amides is 3. The zero-order valence-corrected chi connectivity index (χ0v) is 15.9. The second-order valence-electron chi connectivity index (χ2n) is 6.16. The van der Waals surface area contributed by atoms with Gasteiger partial charge in [-0.15, -0.1) is 13.2 Å². The number of carbonyl (C=O) groups excluding carboxylic acids is 2. The van der Waals surface area contributed by atoms with Crippen LogP contribution in [0.1, 0.15) is 13.3 Å². The van der Waals surface area contributed by atoms with Crippen LogP contribution in [0.25, 0.3) is 0 Å². The van der Waals surface area contributed by atoms with Crippen molar-refractivity contribution < 1.29 is 27.5 Å². The number of urea groups is 1. The lowest BCUT2D eigenvalue weighted by atomic mass is 10.2. The van der Waals surface area contributed by atoms with Gasteiger partial charge in [-0.1, -0.05) is 17.7 Å². The van der Waals surface area contributed by atoms with Gasteiger partial charge in [-0.25, -0.2) is 4.79 Å². The van der Waals surface area contributed by atoms with E-state index in [0.717, 1.165) is 12.1 Å². The first kappa shape index (κ1) is 20.8. The van der Waals surface area contributed by atoms with Crippen LogP contribution in [0, 0.1) is 0 Å². The molecule has 0 saturated carbocycles. The van der Waals surface area contributed by atoms with Gasteiger partial charge in [0.1, 0.15) is 16.8 Å². The maximum absolute atomic E-state index is 12.6. The number of hydrogen-bond donors (Lipinski definition) is 2. The molecule has 29 heavy (non-hydrogen) atoms. The third-order valence-corrected chi connectivity index (χ3v) is 4.42. The highest BCUT2D eigenvalue weighted by molar-refractivity contribution is 6.33. The van der Waals surface area contributed by atoms with Crippen molar-refractivity contribution in [2.45, 2.75) is 32.3 Å². The second-order valence-corrected chi connectivity index (χ2v) is 6.56. The molecule has 0 radical (unpaired) electrons. The van der Waals surface area contributed by atoms with Gasteiger partial charge in [0.05, 0.1) is 0 Å². The van der Waals surface area contributed by atoms with Crippen LogP contribution in [0.3, 0.4) is 0 Å². The molecule has 2 heterocycles. The molecule has 12 heteroatoms. The van der Waals surface area contributed by atoms with E-state index in [9.17, 15) is 22.8 Å². The number of ether oxygens (including phenoxy) is 1. The number of halogens is 4. The topological polar surface area (TPSA) is 88.5 Å². The Morgan fingerprint density at radius 2 is 2.17 bits per heavy atom. The summed E-state index contributed by atoms with van der Waals surface area (Å²) in [6.45, 7) is 2.65. The van der Waals surface area contributed by atoms with E-state index in [4.69, 9.17) is 11.6 Å². The van der Waals surface area contributed by atoms with Crippen LogP contribution in [0.15, 0.2) is 30.5 Å². The predicted octanol–water partition coefficient (Wildman–Crippen LogP) is 3.38. The molecule has 1 atom stereocenters. The molecule has 0 bridgehead atoms. The van der Waals surface area contributed by atoms with E-state index >= 15 is 0 Å².